The second-order valence-corrected chi connectivity index (χ2v) is 7.70. The molecule has 0 N–H and O–H groups in total. The molecule has 8 nitrogen and oxygen atoms in total. The first-order valence-corrected chi connectivity index (χ1v) is 10.7. The van der Waals surface area contributed by atoms with E-state index >= 15 is 0 Å². The molecule has 4 rings (SSSR count). The number of nitrogens with zero attached hydrogens (tertiary/aromatic N) is 3. The molecule has 3 aromatic rings. The fourth-order valence-electron chi connectivity index (χ4n) is 3.72. The van der Waals surface area contributed by atoms with Gasteiger partial charge in [0, 0.05) is 31.0 Å². The minimum atomic E-state index is -0.104. The second-order valence-electron chi connectivity index (χ2n) is 7.70. The van der Waals surface area contributed by atoms with Crippen LogP contribution in [0.2, 0.25) is 0 Å². The van der Waals surface area contributed by atoms with Gasteiger partial charge in [0.05, 0.1) is 20.8 Å². The minimum absolute atomic E-state index is 0.0822. The van der Waals surface area contributed by atoms with Gasteiger partial charge in [-0.3, -0.25) is 4.79 Å². The zero-order valence-corrected chi connectivity index (χ0v) is 18.5. The highest BCUT2D eigenvalue weighted by molar-refractivity contribution is 5.79. The number of carbonyl (C=O) groups excluding carboxylic acids is 1. The molecule has 2 heterocycles. The molecule has 1 atom stereocenters. The highest BCUT2D eigenvalue weighted by Gasteiger charge is 2.33. The van der Waals surface area contributed by atoms with Crippen molar-refractivity contribution in [3.63, 3.8) is 0 Å². The quantitative estimate of drug-likeness (QED) is 0.499. The number of carbonyl (C=O) groups is 1. The van der Waals surface area contributed by atoms with Crippen LogP contribution in [0.1, 0.15) is 37.1 Å². The van der Waals surface area contributed by atoms with Gasteiger partial charge in [-0.1, -0.05) is 24.2 Å². The van der Waals surface area contributed by atoms with Crippen molar-refractivity contribution < 1.29 is 23.5 Å². The summed E-state index contributed by atoms with van der Waals surface area (Å²) in [7, 11) is 3.16. The molecule has 1 saturated heterocycles. The van der Waals surface area contributed by atoms with E-state index in [4.69, 9.17) is 18.7 Å². The SMILES string of the molecule is CCCOc1ccc(CN2CC(c3noc(-c4ccc(OC)c(OC)c4)n3)CC2=O)cc1. The molecule has 1 aliphatic rings. The van der Waals surface area contributed by atoms with Crippen molar-refractivity contribution in [2.45, 2.75) is 32.2 Å². The van der Waals surface area contributed by atoms with Gasteiger partial charge in [0.25, 0.3) is 5.89 Å². The van der Waals surface area contributed by atoms with Crippen LogP contribution < -0.4 is 14.2 Å². The normalized spacial score (nSPS) is 15.8. The van der Waals surface area contributed by atoms with Gasteiger partial charge in [-0.15, -0.1) is 0 Å². The average molecular weight is 437 g/mol. The number of methoxy groups -OCH3 is 2. The van der Waals surface area contributed by atoms with Crippen LogP contribution in [0.15, 0.2) is 47.0 Å². The Hall–Kier alpha value is -3.55. The van der Waals surface area contributed by atoms with Gasteiger partial charge < -0.3 is 23.6 Å². The lowest BCUT2D eigenvalue weighted by atomic mass is 10.1. The lowest BCUT2D eigenvalue weighted by Crippen LogP contribution is -2.24. The van der Waals surface area contributed by atoms with E-state index in [9.17, 15) is 4.79 Å². The Morgan fingerprint density at radius 2 is 1.88 bits per heavy atom. The number of hydrogen-bond acceptors (Lipinski definition) is 7. The maximum Gasteiger partial charge on any atom is 0.258 e. The number of amides is 1. The fraction of sp³-hybridized carbons (Fsp3) is 0.375. The molecule has 2 aromatic carbocycles. The van der Waals surface area contributed by atoms with Crippen molar-refractivity contribution in [1.82, 2.24) is 15.0 Å². The summed E-state index contributed by atoms with van der Waals surface area (Å²) >= 11 is 0. The standard InChI is InChI=1S/C24H27N3O5/c1-4-11-31-19-8-5-16(6-9-19)14-27-15-18(13-22(27)28)23-25-24(32-26-23)17-7-10-20(29-2)21(12-17)30-3/h5-10,12,18H,4,11,13-15H2,1-3H3. The van der Waals surface area contributed by atoms with Crippen molar-refractivity contribution in [2.75, 3.05) is 27.4 Å². The maximum atomic E-state index is 12.6. The minimum Gasteiger partial charge on any atom is -0.494 e. The third-order valence-corrected chi connectivity index (χ3v) is 5.42. The highest BCUT2D eigenvalue weighted by atomic mass is 16.5. The maximum absolute atomic E-state index is 12.6. The van der Waals surface area contributed by atoms with E-state index in [0.717, 1.165) is 23.3 Å². The van der Waals surface area contributed by atoms with E-state index < -0.39 is 0 Å². The average Bonchev–Trinajstić information content (AvgIpc) is 3.45. The Morgan fingerprint density at radius 3 is 2.59 bits per heavy atom. The van der Waals surface area contributed by atoms with Gasteiger partial charge in [-0.05, 0) is 42.3 Å². The topological polar surface area (TPSA) is 86.9 Å². The second kappa shape index (κ2) is 9.72. The highest BCUT2D eigenvalue weighted by Crippen LogP contribution is 2.33. The van der Waals surface area contributed by atoms with E-state index in [-0.39, 0.29) is 11.8 Å². The summed E-state index contributed by atoms with van der Waals surface area (Å²) in [4.78, 5) is 19.0. The Balaban J connectivity index is 1.42. The molecule has 32 heavy (non-hydrogen) atoms. The summed E-state index contributed by atoms with van der Waals surface area (Å²) in [5.41, 5.74) is 1.79. The Kier molecular flexibility index (Phi) is 6.58. The molecule has 8 heteroatoms. The molecule has 1 aliphatic heterocycles. The summed E-state index contributed by atoms with van der Waals surface area (Å²) < 4.78 is 21.7. The molecule has 0 spiro atoms. The van der Waals surface area contributed by atoms with Crippen molar-refractivity contribution in [1.29, 1.82) is 0 Å². The van der Waals surface area contributed by atoms with Gasteiger partial charge >= 0.3 is 0 Å². The van der Waals surface area contributed by atoms with E-state index in [1.54, 1.807) is 26.4 Å². The number of ether oxygens (including phenoxy) is 3. The zero-order valence-electron chi connectivity index (χ0n) is 18.5. The van der Waals surface area contributed by atoms with Gasteiger partial charge in [-0.2, -0.15) is 4.98 Å². The third kappa shape index (κ3) is 4.69. The molecule has 1 aromatic heterocycles. The van der Waals surface area contributed by atoms with E-state index in [2.05, 4.69) is 17.1 Å². The van der Waals surface area contributed by atoms with Crippen molar-refractivity contribution in [3.05, 3.63) is 53.9 Å². The van der Waals surface area contributed by atoms with Gasteiger partial charge in [0.2, 0.25) is 5.91 Å². The Bertz CT molecular complexity index is 1060. The number of likely N-dealkylation sites (tertiary alicyclic amines) is 1. The predicted molar refractivity (Wildman–Crippen MR) is 118 cm³/mol. The first-order valence-electron chi connectivity index (χ1n) is 10.7. The smallest absolute Gasteiger partial charge is 0.258 e. The molecule has 1 fully saturated rings. The third-order valence-electron chi connectivity index (χ3n) is 5.42. The summed E-state index contributed by atoms with van der Waals surface area (Å²) in [6, 6.07) is 13.3. The van der Waals surface area contributed by atoms with Gasteiger partial charge in [0.15, 0.2) is 17.3 Å². The molecule has 0 radical (unpaired) electrons. The van der Waals surface area contributed by atoms with Gasteiger partial charge in [0.1, 0.15) is 5.75 Å². The predicted octanol–water partition coefficient (Wildman–Crippen LogP) is 4.06. The van der Waals surface area contributed by atoms with Crippen LogP contribution in [0, 0.1) is 0 Å². The zero-order chi connectivity index (χ0) is 22.5. The van der Waals surface area contributed by atoms with E-state index in [1.165, 1.54) is 0 Å². The molecule has 0 aliphatic carbocycles. The van der Waals surface area contributed by atoms with Crippen LogP contribution >= 0.6 is 0 Å². The first kappa shape index (κ1) is 21.7. The first-order chi connectivity index (χ1) is 15.6. The van der Waals surface area contributed by atoms with Crippen molar-refractivity contribution in [2.24, 2.45) is 0 Å². The summed E-state index contributed by atoms with van der Waals surface area (Å²) in [6.07, 6.45) is 1.33. The van der Waals surface area contributed by atoms with Crippen molar-refractivity contribution >= 4 is 5.91 Å². The van der Waals surface area contributed by atoms with Crippen LogP contribution in [0.25, 0.3) is 11.5 Å². The number of rotatable bonds is 9. The van der Waals surface area contributed by atoms with Crippen LogP contribution in [-0.4, -0.2) is 48.3 Å². The fourth-order valence-corrected chi connectivity index (χ4v) is 3.72. The number of aromatic nitrogens is 2. The summed E-state index contributed by atoms with van der Waals surface area (Å²) in [6.45, 7) is 3.87. The van der Waals surface area contributed by atoms with E-state index in [1.807, 2.05) is 35.2 Å². The molecule has 1 amide bonds. The van der Waals surface area contributed by atoms with Crippen LogP contribution in [0.4, 0.5) is 0 Å². The molecular formula is C24H27N3O5. The largest absolute Gasteiger partial charge is 0.494 e. The van der Waals surface area contributed by atoms with Crippen LogP contribution in [0.5, 0.6) is 17.2 Å². The van der Waals surface area contributed by atoms with Gasteiger partial charge in [-0.25, -0.2) is 0 Å². The van der Waals surface area contributed by atoms with Crippen molar-refractivity contribution in [3.8, 4) is 28.7 Å². The molecule has 1 unspecified atom stereocenters. The lowest BCUT2D eigenvalue weighted by Gasteiger charge is -2.16. The van der Waals surface area contributed by atoms with Crippen LogP contribution in [0.3, 0.4) is 0 Å². The summed E-state index contributed by atoms with van der Waals surface area (Å²) in [5, 5.41) is 4.14. The molecule has 168 valence electrons. The molecule has 0 bridgehead atoms. The monoisotopic (exact) mass is 437 g/mol. The number of hydrogen-bond donors (Lipinski definition) is 0. The number of benzene rings is 2. The summed E-state index contributed by atoms with van der Waals surface area (Å²) in [5.74, 6) is 2.95. The Morgan fingerprint density at radius 1 is 1.09 bits per heavy atom. The Labute approximate surface area is 187 Å². The van der Waals surface area contributed by atoms with Crippen LogP contribution in [-0.2, 0) is 11.3 Å². The molecular weight excluding hydrogens is 410 g/mol. The van der Waals surface area contributed by atoms with E-state index in [0.29, 0.717) is 49.3 Å². The molecule has 0 saturated carbocycles. The lowest BCUT2D eigenvalue weighted by molar-refractivity contribution is -0.128.